The fourth-order valence-electron chi connectivity index (χ4n) is 2.36. The number of rotatable bonds is 7. The van der Waals surface area contributed by atoms with E-state index in [0.717, 1.165) is 38.0 Å². The lowest BCUT2D eigenvalue weighted by atomic mass is 9.75. The van der Waals surface area contributed by atoms with E-state index in [2.05, 4.69) is 13.8 Å². The summed E-state index contributed by atoms with van der Waals surface area (Å²) < 4.78 is 5.51. The molecule has 1 atom stereocenters. The summed E-state index contributed by atoms with van der Waals surface area (Å²) in [6.07, 6.45) is 7.48. The summed E-state index contributed by atoms with van der Waals surface area (Å²) in [6, 6.07) is 0. The molecule has 1 fully saturated rings. The summed E-state index contributed by atoms with van der Waals surface area (Å²) in [5, 5.41) is 9.91. The predicted molar refractivity (Wildman–Crippen MR) is 62.9 cm³/mol. The maximum atomic E-state index is 9.91. The molecule has 1 rings (SSSR count). The highest BCUT2D eigenvalue weighted by Crippen LogP contribution is 2.39. The summed E-state index contributed by atoms with van der Waals surface area (Å²) in [6.45, 7) is 4.46. The minimum absolute atomic E-state index is 0.0250. The van der Waals surface area contributed by atoms with E-state index in [1.54, 1.807) is 7.11 Å². The molecule has 0 amide bonds. The molecule has 0 radical (unpaired) electrons. The second-order valence-corrected chi connectivity index (χ2v) is 5.42. The van der Waals surface area contributed by atoms with E-state index in [4.69, 9.17) is 4.74 Å². The van der Waals surface area contributed by atoms with Gasteiger partial charge in [-0.1, -0.05) is 26.7 Å². The first-order valence-corrected chi connectivity index (χ1v) is 6.31. The number of ether oxygens (including phenoxy) is 1. The Hall–Kier alpha value is -0.0800. The molecule has 0 aromatic heterocycles. The molecule has 15 heavy (non-hydrogen) atoms. The zero-order chi connectivity index (χ0) is 11.3. The van der Waals surface area contributed by atoms with Crippen molar-refractivity contribution >= 4 is 0 Å². The SMILES string of the molecule is COC1(CC(O)CCCC(C)C)CCC1. The van der Waals surface area contributed by atoms with Gasteiger partial charge in [0.25, 0.3) is 0 Å². The lowest BCUT2D eigenvalue weighted by Crippen LogP contribution is -2.42. The fraction of sp³-hybridized carbons (Fsp3) is 1.00. The molecule has 0 saturated heterocycles. The average molecular weight is 214 g/mol. The second-order valence-electron chi connectivity index (χ2n) is 5.42. The molecule has 1 unspecified atom stereocenters. The molecule has 1 aliphatic rings. The molecule has 1 N–H and O–H groups in total. The summed E-state index contributed by atoms with van der Waals surface area (Å²) in [4.78, 5) is 0. The van der Waals surface area contributed by atoms with Crippen molar-refractivity contribution in [3.05, 3.63) is 0 Å². The Labute approximate surface area is 94.0 Å². The van der Waals surface area contributed by atoms with Gasteiger partial charge in [0.2, 0.25) is 0 Å². The van der Waals surface area contributed by atoms with Crippen molar-refractivity contribution in [1.29, 1.82) is 0 Å². The highest BCUT2D eigenvalue weighted by molar-refractivity contribution is 4.91. The van der Waals surface area contributed by atoms with E-state index >= 15 is 0 Å². The third-order valence-corrected chi connectivity index (χ3v) is 3.62. The molecule has 0 aromatic carbocycles. The van der Waals surface area contributed by atoms with E-state index < -0.39 is 0 Å². The van der Waals surface area contributed by atoms with Crippen LogP contribution in [-0.2, 0) is 4.74 Å². The van der Waals surface area contributed by atoms with E-state index in [-0.39, 0.29) is 11.7 Å². The first-order chi connectivity index (χ1) is 7.08. The Morgan fingerprint density at radius 1 is 1.27 bits per heavy atom. The third kappa shape index (κ3) is 4.12. The van der Waals surface area contributed by atoms with Crippen LogP contribution in [0.5, 0.6) is 0 Å². The highest BCUT2D eigenvalue weighted by atomic mass is 16.5. The lowest BCUT2D eigenvalue weighted by molar-refractivity contribution is -0.100. The largest absolute Gasteiger partial charge is 0.393 e. The van der Waals surface area contributed by atoms with Gasteiger partial charge in [-0.25, -0.2) is 0 Å². The van der Waals surface area contributed by atoms with Crippen LogP contribution in [0.2, 0.25) is 0 Å². The first kappa shape index (κ1) is 13.0. The molecule has 0 heterocycles. The monoisotopic (exact) mass is 214 g/mol. The van der Waals surface area contributed by atoms with Gasteiger partial charge in [-0.05, 0) is 31.6 Å². The van der Waals surface area contributed by atoms with Gasteiger partial charge in [0.1, 0.15) is 0 Å². The quantitative estimate of drug-likeness (QED) is 0.705. The maximum Gasteiger partial charge on any atom is 0.0703 e. The summed E-state index contributed by atoms with van der Waals surface area (Å²) in [5.41, 5.74) is 0.0250. The normalized spacial score (nSPS) is 21.4. The van der Waals surface area contributed by atoms with Gasteiger partial charge in [-0.2, -0.15) is 0 Å². The van der Waals surface area contributed by atoms with Crippen LogP contribution in [0.25, 0.3) is 0 Å². The molecule has 1 saturated carbocycles. The molecule has 0 aromatic rings. The Morgan fingerprint density at radius 2 is 1.93 bits per heavy atom. The van der Waals surface area contributed by atoms with Crippen molar-refractivity contribution < 1.29 is 9.84 Å². The van der Waals surface area contributed by atoms with Crippen LogP contribution in [0.3, 0.4) is 0 Å². The fourth-order valence-corrected chi connectivity index (χ4v) is 2.36. The van der Waals surface area contributed by atoms with Gasteiger partial charge in [0.15, 0.2) is 0 Å². The zero-order valence-electron chi connectivity index (χ0n) is 10.5. The van der Waals surface area contributed by atoms with Crippen LogP contribution in [0.15, 0.2) is 0 Å². The Balaban J connectivity index is 2.14. The van der Waals surface area contributed by atoms with Crippen LogP contribution in [0.4, 0.5) is 0 Å². The zero-order valence-corrected chi connectivity index (χ0v) is 10.5. The van der Waals surface area contributed by atoms with Gasteiger partial charge in [0, 0.05) is 13.5 Å². The van der Waals surface area contributed by atoms with E-state index in [1.807, 2.05) is 0 Å². The highest BCUT2D eigenvalue weighted by Gasteiger charge is 2.38. The topological polar surface area (TPSA) is 29.5 Å². The number of aliphatic hydroxyl groups is 1. The first-order valence-electron chi connectivity index (χ1n) is 6.31. The van der Waals surface area contributed by atoms with Gasteiger partial charge < -0.3 is 9.84 Å². The van der Waals surface area contributed by atoms with Crippen LogP contribution < -0.4 is 0 Å². The van der Waals surface area contributed by atoms with Crippen molar-refractivity contribution in [1.82, 2.24) is 0 Å². The predicted octanol–water partition coefficient (Wildman–Crippen LogP) is 3.13. The smallest absolute Gasteiger partial charge is 0.0703 e. The van der Waals surface area contributed by atoms with E-state index in [0.29, 0.717) is 0 Å². The van der Waals surface area contributed by atoms with Crippen molar-refractivity contribution in [3.63, 3.8) is 0 Å². The molecule has 0 bridgehead atoms. The Kier molecular flexibility index (Phi) is 5.07. The molecule has 0 spiro atoms. The van der Waals surface area contributed by atoms with Gasteiger partial charge in [0.05, 0.1) is 11.7 Å². The van der Waals surface area contributed by atoms with Gasteiger partial charge in [-0.3, -0.25) is 0 Å². The molecular weight excluding hydrogens is 188 g/mol. The van der Waals surface area contributed by atoms with Crippen LogP contribution in [0, 0.1) is 5.92 Å². The van der Waals surface area contributed by atoms with Crippen molar-refractivity contribution in [2.75, 3.05) is 7.11 Å². The molecule has 2 nitrogen and oxygen atoms in total. The van der Waals surface area contributed by atoms with E-state index in [9.17, 15) is 5.11 Å². The van der Waals surface area contributed by atoms with Crippen molar-refractivity contribution in [2.24, 2.45) is 5.92 Å². The summed E-state index contributed by atoms with van der Waals surface area (Å²) >= 11 is 0. The van der Waals surface area contributed by atoms with Crippen LogP contribution in [0.1, 0.15) is 58.8 Å². The van der Waals surface area contributed by atoms with Gasteiger partial charge >= 0.3 is 0 Å². The molecule has 2 heteroatoms. The second kappa shape index (κ2) is 5.86. The number of hydrogen-bond acceptors (Lipinski definition) is 2. The van der Waals surface area contributed by atoms with Crippen LogP contribution in [-0.4, -0.2) is 23.9 Å². The number of aliphatic hydroxyl groups excluding tert-OH is 1. The standard InChI is InChI=1S/C13H26O2/c1-11(2)6-4-7-12(14)10-13(15-3)8-5-9-13/h11-12,14H,4-10H2,1-3H3. The molecule has 1 aliphatic carbocycles. The van der Waals surface area contributed by atoms with Crippen molar-refractivity contribution in [2.45, 2.75) is 70.5 Å². The Morgan fingerprint density at radius 3 is 2.33 bits per heavy atom. The minimum atomic E-state index is -0.163. The average Bonchev–Trinajstić information content (AvgIpc) is 2.11. The lowest BCUT2D eigenvalue weighted by Gasteiger charge is -2.41. The molecular formula is C13H26O2. The number of methoxy groups -OCH3 is 1. The van der Waals surface area contributed by atoms with Gasteiger partial charge in [-0.15, -0.1) is 0 Å². The van der Waals surface area contributed by atoms with Crippen molar-refractivity contribution in [3.8, 4) is 0 Å². The van der Waals surface area contributed by atoms with E-state index in [1.165, 1.54) is 12.8 Å². The molecule has 90 valence electrons. The minimum Gasteiger partial charge on any atom is -0.393 e. The molecule has 0 aliphatic heterocycles. The summed E-state index contributed by atoms with van der Waals surface area (Å²) in [5.74, 6) is 0.747. The number of hydrogen-bond donors (Lipinski definition) is 1. The maximum absolute atomic E-state index is 9.91. The van der Waals surface area contributed by atoms with Crippen LogP contribution >= 0.6 is 0 Å². The summed E-state index contributed by atoms with van der Waals surface area (Å²) in [7, 11) is 1.78. The Bertz CT molecular complexity index is 168. The third-order valence-electron chi connectivity index (χ3n) is 3.62.